The van der Waals surface area contributed by atoms with Gasteiger partial charge < -0.3 is 24.8 Å². The first-order chi connectivity index (χ1) is 14.3. The molecule has 2 N–H and O–H groups in total. The van der Waals surface area contributed by atoms with Gasteiger partial charge in [0.1, 0.15) is 17.4 Å². The monoisotopic (exact) mass is 418 g/mol. The number of carbonyl (C=O) groups is 2. The van der Waals surface area contributed by atoms with E-state index in [1.54, 1.807) is 27.9 Å². The molecule has 0 aliphatic heterocycles. The van der Waals surface area contributed by atoms with Gasteiger partial charge in [0.15, 0.2) is 0 Å². The van der Waals surface area contributed by atoms with E-state index < -0.39 is 17.7 Å². The van der Waals surface area contributed by atoms with Crippen molar-refractivity contribution in [3.8, 4) is 5.75 Å². The Morgan fingerprint density at radius 2 is 1.93 bits per heavy atom. The van der Waals surface area contributed by atoms with Crippen molar-refractivity contribution >= 4 is 12.0 Å². The molecule has 30 heavy (non-hydrogen) atoms. The van der Waals surface area contributed by atoms with Crippen LogP contribution in [-0.2, 0) is 20.8 Å². The molecular weight excluding hydrogens is 384 g/mol. The van der Waals surface area contributed by atoms with Crippen molar-refractivity contribution in [2.24, 2.45) is 0 Å². The molecule has 0 spiro atoms. The molecule has 0 radical (unpaired) electrons. The summed E-state index contributed by atoms with van der Waals surface area (Å²) in [7, 11) is 1.61. The minimum atomic E-state index is -0.745. The number of rotatable bonds is 9. The molecule has 7 nitrogen and oxygen atoms in total. The molecule has 2 amide bonds. The van der Waals surface area contributed by atoms with Crippen molar-refractivity contribution in [1.29, 1.82) is 0 Å². The summed E-state index contributed by atoms with van der Waals surface area (Å²) < 4.78 is 16.3. The number of carbonyl (C=O) groups excluding carboxylic acids is 2. The van der Waals surface area contributed by atoms with Crippen LogP contribution in [0, 0.1) is 0 Å². The first-order valence-electron chi connectivity index (χ1n) is 10.5. The van der Waals surface area contributed by atoms with Crippen LogP contribution < -0.4 is 15.4 Å². The fraction of sp³-hybridized carbons (Fsp3) is 0.565. The topological polar surface area (TPSA) is 85.9 Å². The predicted octanol–water partition coefficient (Wildman–Crippen LogP) is 3.72. The summed E-state index contributed by atoms with van der Waals surface area (Å²) in [4.78, 5) is 25.0. The van der Waals surface area contributed by atoms with Gasteiger partial charge >= 0.3 is 6.09 Å². The SMILES string of the molecule is COc1ccc(CNC(=O)[C@H](CCOC2C=CCCC2)NC(=O)OC(C)(C)C)cc1. The second-order valence-electron chi connectivity index (χ2n) is 8.32. The third-order valence-corrected chi connectivity index (χ3v) is 4.58. The average molecular weight is 419 g/mol. The lowest BCUT2D eigenvalue weighted by atomic mass is 10.1. The highest BCUT2D eigenvalue weighted by atomic mass is 16.6. The van der Waals surface area contributed by atoms with Gasteiger partial charge in [0.05, 0.1) is 13.2 Å². The number of amides is 2. The van der Waals surface area contributed by atoms with Gasteiger partial charge in [-0.3, -0.25) is 4.79 Å². The third-order valence-electron chi connectivity index (χ3n) is 4.58. The molecule has 1 aliphatic carbocycles. The number of hydrogen-bond donors (Lipinski definition) is 2. The second-order valence-corrected chi connectivity index (χ2v) is 8.32. The van der Waals surface area contributed by atoms with Crippen LogP contribution in [0.25, 0.3) is 0 Å². The summed E-state index contributed by atoms with van der Waals surface area (Å²) in [6, 6.07) is 6.69. The van der Waals surface area contributed by atoms with E-state index in [9.17, 15) is 9.59 Å². The lowest BCUT2D eigenvalue weighted by Gasteiger charge is -2.24. The summed E-state index contributed by atoms with van der Waals surface area (Å²) in [5.41, 5.74) is 0.293. The summed E-state index contributed by atoms with van der Waals surface area (Å²) >= 11 is 0. The molecule has 0 bridgehead atoms. The van der Waals surface area contributed by atoms with Gasteiger partial charge in [-0.15, -0.1) is 0 Å². The molecule has 1 aromatic carbocycles. The predicted molar refractivity (Wildman–Crippen MR) is 115 cm³/mol. The number of methoxy groups -OCH3 is 1. The molecule has 0 saturated carbocycles. The van der Waals surface area contributed by atoms with Gasteiger partial charge in [0.25, 0.3) is 0 Å². The van der Waals surface area contributed by atoms with Crippen LogP contribution in [-0.4, -0.2) is 43.5 Å². The lowest BCUT2D eigenvalue weighted by molar-refractivity contribution is -0.124. The van der Waals surface area contributed by atoms with Gasteiger partial charge in [-0.2, -0.15) is 0 Å². The van der Waals surface area contributed by atoms with E-state index >= 15 is 0 Å². The van der Waals surface area contributed by atoms with Crippen LogP contribution in [0.2, 0.25) is 0 Å². The van der Waals surface area contributed by atoms with Crippen LogP contribution in [0.5, 0.6) is 5.75 Å². The van der Waals surface area contributed by atoms with E-state index in [0.29, 0.717) is 19.6 Å². The number of alkyl carbamates (subject to hydrolysis) is 1. The van der Waals surface area contributed by atoms with E-state index in [1.807, 2.05) is 24.3 Å². The molecule has 0 heterocycles. The Bertz CT molecular complexity index is 709. The van der Waals surface area contributed by atoms with E-state index in [4.69, 9.17) is 14.2 Å². The molecule has 2 rings (SSSR count). The van der Waals surface area contributed by atoms with Crippen molar-refractivity contribution in [3.63, 3.8) is 0 Å². The fourth-order valence-electron chi connectivity index (χ4n) is 3.03. The van der Waals surface area contributed by atoms with Gasteiger partial charge in [0.2, 0.25) is 5.91 Å². The van der Waals surface area contributed by atoms with Crippen LogP contribution >= 0.6 is 0 Å². The Labute approximate surface area is 179 Å². The van der Waals surface area contributed by atoms with E-state index in [2.05, 4.69) is 22.8 Å². The Hall–Kier alpha value is -2.54. The maximum absolute atomic E-state index is 12.7. The summed E-state index contributed by atoms with van der Waals surface area (Å²) in [5.74, 6) is 0.475. The van der Waals surface area contributed by atoms with E-state index in [0.717, 1.165) is 30.6 Å². The highest BCUT2D eigenvalue weighted by Gasteiger charge is 2.24. The lowest BCUT2D eigenvalue weighted by Crippen LogP contribution is -2.48. The van der Waals surface area contributed by atoms with Crippen LogP contribution in [0.4, 0.5) is 4.79 Å². The zero-order chi connectivity index (χ0) is 22.0. The number of ether oxygens (including phenoxy) is 3. The molecule has 0 fully saturated rings. The first kappa shape index (κ1) is 23.7. The Balaban J connectivity index is 1.91. The molecule has 2 atom stereocenters. The smallest absolute Gasteiger partial charge is 0.408 e. The van der Waals surface area contributed by atoms with Crippen LogP contribution in [0.15, 0.2) is 36.4 Å². The Morgan fingerprint density at radius 3 is 2.53 bits per heavy atom. The van der Waals surface area contributed by atoms with E-state index in [-0.39, 0.29) is 12.0 Å². The molecule has 0 aromatic heterocycles. The Morgan fingerprint density at radius 1 is 1.20 bits per heavy atom. The highest BCUT2D eigenvalue weighted by Crippen LogP contribution is 2.14. The summed E-state index contributed by atoms with van der Waals surface area (Å²) in [6.07, 6.45) is 7.14. The fourth-order valence-corrected chi connectivity index (χ4v) is 3.03. The normalized spacial score (nSPS) is 17.1. The zero-order valence-corrected chi connectivity index (χ0v) is 18.4. The standard InChI is InChI=1S/C23H34N2O5/c1-23(2,3)30-22(27)25-20(14-15-29-19-8-6-5-7-9-19)21(26)24-16-17-10-12-18(28-4)13-11-17/h6,8,10-13,19-20H,5,7,9,14-16H2,1-4H3,(H,24,26)(H,25,27)/t19?,20-/m0/s1. The quantitative estimate of drug-likeness (QED) is 0.597. The zero-order valence-electron chi connectivity index (χ0n) is 18.4. The average Bonchev–Trinajstić information content (AvgIpc) is 2.71. The molecule has 166 valence electrons. The van der Waals surface area contributed by atoms with Gasteiger partial charge in [-0.05, 0) is 57.7 Å². The number of benzene rings is 1. The van der Waals surface area contributed by atoms with Crippen molar-refractivity contribution < 1.29 is 23.8 Å². The first-order valence-corrected chi connectivity index (χ1v) is 10.5. The minimum Gasteiger partial charge on any atom is -0.497 e. The second kappa shape index (κ2) is 11.6. The van der Waals surface area contributed by atoms with Crippen LogP contribution in [0.3, 0.4) is 0 Å². The van der Waals surface area contributed by atoms with Gasteiger partial charge in [-0.25, -0.2) is 4.79 Å². The molecule has 1 aromatic rings. The summed E-state index contributed by atoms with van der Waals surface area (Å²) in [6.45, 7) is 6.06. The molecular formula is C23H34N2O5. The third kappa shape index (κ3) is 8.86. The van der Waals surface area contributed by atoms with Gasteiger partial charge in [-0.1, -0.05) is 24.3 Å². The molecule has 1 unspecified atom stereocenters. The van der Waals surface area contributed by atoms with Crippen molar-refractivity contribution in [2.75, 3.05) is 13.7 Å². The van der Waals surface area contributed by atoms with Gasteiger partial charge in [0, 0.05) is 19.6 Å². The molecule has 1 aliphatic rings. The minimum absolute atomic E-state index is 0.0725. The van der Waals surface area contributed by atoms with Crippen LogP contribution in [0.1, 0.15) is 52.0 Å². The number of allylic oxidation sites excluding steroid dienone is 1. The van der Waals surface area contributed by atoms with Crippen molar-refractivity contribution in [2.45, 2.75) is 70.7 Å². The maximum atomic E-state index is 12.7. The molecule has 0 saturated heterocycles. The highest BCUT2D eigenvalue weighted by molar-refractivity contribution is 5.85. The van der Waals surface area contributed by atoms with Crippen molar-refractivity contribution in [3.05, 3.63) is 42.0 Å². The summed E-state index contributed by atoms with van der Waals surface area (Å²) in [5, 5.41) is 5.55. The maximum Gasteiger partial charge on any atom is 0.408 e. The van der Waals surface area contributed by atoms with E-state index in [1.165, 1.54) is 0 Å². The number of hydrogen-bond acceptors (Lipinski definition) is 5. The largest absolute Gasteiger partial charge is 0.497 e. The Kier molecular flexibility index (Phi) is 9.17. The van der Waals surface area contributed by atoms with Crippen molar-refractivity contribution in [1.82, 2.24) is 10.6 Å². The number of nitrogens with one attached hydrogen (secondary N) is 2. The molecule has 7 heteroatoms.